The van der Waals surface area contributed by atoms with Crippen LogP contribution in [0.2, 0.25) is 10.6 Å². The Morgan fingerprint density at radius 1 is 0.607 bits per heavy atom. The fourth-order valence-electron chi connectivity index (χ4n) is 2.41. The van der Waals surface area contributed by atoms with Crippen LogP contribution in [0.1, 0.15) is 0 Å². The summed E-state index contributed by atoms with van der Waals surface area (Å²) in [6, 6.07) is 7.92. The Bertz CT molecular complexity index is 1160. The van der Waals surface area contributed by atoms with Gasteiger partial charge in [0.05, 0.1) is 0 Å². The van der Waals surface area contributed by atoms with E-state index < -0.39 is 0 Å². The molecule has 4 aromatic rings. The van der Waals surface area contributed by atoms with Gasteiger partial charge in [-0.3, -0.25) is 0 Å². The molecule has 2 aromatic carbocycles. The average molecular weight is 801 g/mol. The van der Waals surface area contributed by atoms with Gasteiger partial charge in [-0.25, -0.2) is 0 Å². The summed E-state index contributed by atoms with van der Waals surface area (Å²) in [5.41, 5.74) is 1.60. The Labute approximate surface area is 214 Å². The molecule has 0 unspecified atom stereocenters. The number of hydrogen-bond donors (Lipinski definition) is 0. The van der Waals surface area contributed by atoms with Crippen molar-refractivity contribution in [3.63, 3.8) is 0 Å². The van der Waals surface area contributed by atoms with Crippen molar-refractivity contribution < 1.29 is 0 Å². The summed E-state index contributed by atoms with van der Waals surface area (Å²) < 4.78 is 5.50. The van der Waals surface area contributed by atoms with E-state index in [0.717, 1.165) is 48.9 Å². The summed E-state index contributed by atoms with van der Waals surface area (Å²) in [4.78, 5) is 17.7. The van der Waals surface area contributed by atoms with E-state index in [2.05, 4.69) is 83.7 Å². The van der Waals surface area contributed by atoms with Crippen molar-refractivity contribution in [2.75, 3.05) is 0 Å². The van der Waals surface area contributed by atoms with Crippen molar-refractivity contribution in [2.45, 2.75) is 0 Å². The van der Waals surface area contributed by atoms with Gasteiger partial charge in [-0.15, -0.1) is 0 Å². The Kier molecular flexibility index (Phi) is 7.05. The minimum absolute atomic E-state index is 0.0114. The normalized spacial score (nSPS) is 11.5. The predicted molar refractivity (Wildman–Crippen MR) is 131 cm³/mol. The van der Waals surface area contributed by atoms with Crippen molar-refractivity contribution in [1.82, 2.24) is 19.9 Å². The van der Waals surface area contributed by atoms with Crippen molar-refractivity contribution in [2.24, 2.45) is 0 Å². The number of nitrogens with zero attached hydrogens (tertiary/aromatic N) is 4. The molecule has 142 valence electrons. The van der Waals surface area contributed by atoms with Crippen molar-refractivity contribution in [3.05, 3.63) is 52.7 Å². The Hall–Kier alpha value is 0.659. The van der Waals surface area contributed by atoms with Gasteiger partial charge in [0.15, 0.2) is 0 Å². The molecule has 0 spiro atoms. The van der Waals surface area contributed by atoms with E-state index >= 15 is 0 Å². The van der Waals surface area contributed by atoms with Gasteiger partial charge < -0.3 is 0 Å². The molecule has 0 radical (unpaired) electrons. The van der Waals surface area contributed by atoms with E-state index in [-0.39, 0.29) is 36.8 Å². The second-order valence-electron chi connectivity index (χ2n) is 5.33. The molecule has 12 heteroatoms. The number of aromatic nitrogens is 4. The predicted octanol–water partition coefficient (Wildman–Crippen LogP) is 5.20. The van der Waals surface area contributed by atoms with E-state index in [4.69, 9.17) is 23.2 Å². The standard InChI is InChI=1S/C16H4Br4Cl2N4Se2/c17-5-1-7-11(9(19)3-5)23-15(21)25-13(7)27-28-14-8-2-6(18)4-10(20)12(8)24-16(22)26-14/h1-4H. The molecule has 0 aliphatic rings. The summed E-state index contributed by atoms with van der Waals surface area (Å²) in [6.07, 6.45) is 0. The maximum atomic E-state index is 6.18. The van der Waals surface area contributed by atoms with Gasteiger partial charge in [-0.1, -0.05) is 0 Å². The zero-order valence-corrected chi connectivity index (χ0v) is 24.5. The first-order valence-electron chi connectivity index (χ1n) is 7.31. The van der Waals surface area contributed by atoms with Gasteiger partial charge in [-0.2, -0.15) is 0 Å². The minimum atomic E-state index is 0.0114. The number of halogens is 6. The van der Waals surface area contributed by atoms with Crippen LogP contribution in [0.3, 0.4) is 0 Å². The number of fused-ring (bicyclic) bond motifs is 2. The van der Waals surface area contributed by atoms with Gasteiger partial charge in [0.1, 0.15) is 0 Å². The van der Waals surface area contributed by atoms with Gasteiger partial charge in [-0.05, 0) is 0 Å². The SMILES string of the molecule is Clc1nc([Se][Se]c2nc(Cl)nc3c(Br)cc(Br)cc23)c2cc(Br)cc(Br)c2n1. The first-order chi connectivity index (χ1) is 13.3. The molecule has 4 nitrogen and oxygen atoms in total. The van der Waals surface area contributed by atoms with E-state index in [1.54, 1.807) is 0 Å². The zero-order chi connectivity index (χ0) is 20.0. The zero-order valence-electron chi connectivity index (χ0n) is 13.2. The summed E-state index contributed by atoms with van der Waals surface area (Å²) in [6.45, 7) is 0. The first kappa shape index (κ1) is 21.9. The van der Waals surface area contributed by atoms with E-state index in [0.29, 0.717) is 0 Å². The molecule has 0 bridgehead atoms. The molecule has 0 aliphatic heterocycles. The summed E-state index contributed by atoms with van der Waals surface area (Å²) in [7, 11) is 0. The average Bonchev–Trinajstić information content (AvgIpc) is 2.61. The van der Waals surface area contributed by atoms with Gasteiger partial charge >= 0.3 is 217 Å². The molecule has 0 atom stereocenters. The summed E-state index contributed by atoms with van der Waals surface area (Å²) >= 11 is 26.6. The fraction of sp³-hybridized carbons (Fsp3) is 0. The molecule has 2 heterocycles. The number of rotatable bonds is 3. The van der Waals surface area contributed by atoms with Gasteiger partial charge in [0.2, 0.25) is 0 Å². The van der Waals surface area contributed by atoms with Gasteiger partial charge in [0.25, 0.3) is 0 Å². The Morgan fingerprint density at radius 3 is 1.39 bits per heavy atom. The van der Waals surface area contributed by atoms with Crippen LogP contribution in [0.5, 0.6) is 0 Å². The van der Waals surface area contributed by atoms with Crippen LogP contribution >= 0.6 is 86.9 Å². The third-order valence-corrected chi connectivity index (χ3v) is 12.5. The second kappa shape index (κ2) is 9.03. The Balaban J connectivity index is 1.80. The molecule has 0 aliphatic carbocycles. The monoisotopic (exact) mass is 797 g/mol. The molecular weight excluding hydrogens is 797 g/mol. The van der Waals surface area contributed by atoms with Crippen LogP contribution in [0.25, 0.3) is 21.8 Å². The van der Waals surface area contributed by atoms with Crippen LogP contribution in [-0.4, -0.2) is 46.2 Å². The van der Waals surface area contributed by atoms with Crippen LogP contribution in [0.15, 0.2) is 42.2 Å². The van der Waals surface area contributed by atoms with Crippen molar-refractivity contribution >= 4 is 144 Å². The Morgan fingerprint density at radius 2 is 1.00 bits per heavy atom. The second-order valence-corrected chi connectivity index (χ2v) is 15.5. The molecule has 4 rings (SSSR count). The van der Waals surface area contributed by atoms with Crippen molar-refractivity contribution in [1.29, 1.82) is 0 Å². The third kappa shape index (κ3) is 4.62. The molecule has 2 aromatic heterocycles. The molecule has 0 fully saturated rings. The number of hydrogen-bond acceptors (Lipinski definition) is 4. The van der Waals surface area contributed by atoms with Crippen LogP contribution in [0, 0.1) is 0 Å². The molecular formula is C16H4Br4Cl2N4Se2. The van der Waals surface area contributed by atoms with Gasteiger partial charge in [0, 0.05) is 0 Å². The topological polar surface area (TPSA) is 51.6 Å². The molecule has 28 heavy (non-hydrogen) atoms. The van der Waals surface area contributed by atoms with Crippen LogP contribution < -0.4 is 9.18 Å². The summed E-state index contributed by atoms with van der Waals surface area (Å²) in [5.74, 6) is 0. The number of benzene rings is 2. The first-order valence-corrected chi connectivity index (χ1v) is 17.3. The van der Waals surface area contributed by atoms with Crippen LogP contribution in [-0.2, 0) is 0 Å². The van der Waals surface area contributed by atoms with E-state index in [1.807, 2.05) is 24.3 Å². The quantitative estimate of drug-likeness (QED) is 0.211. The molecule has 0 amide bonds. The fourth-order valence-corrected chi connectivity index (χ4v) is 12.0. The van der Waals surface area contributed by atoms with E-state index in [9.17, 15) is 0 Å². The van der Waals surface area contributed by atoms with Crippen LogP contribution in [0.4, 0.5) is 0 Å². The molecule has 0 saturated carbocycles. The summed E-state index contributed by atoms with van der Waals surface area (Å²) in [5, 5.41) is 2.41. The molecule has 0 N–H and O–H groups in total. The van der Waals surface area contributed by atoms with E-state index in [1.165, 1.54) is 0 Å². The third-order valence-electron chi connectivity index (χ3n) is 3.51. The molecule has 0 saturated heterocycles. The maximum absolute atomic E-state index is 6.18. The van der Waals surface area contributed by atoms with Crippen molar-refractivity contribution in [3.8, 4) is 0 Å².